The zero-order chi connectivity index (χ0) is 14.0. The van der Waals surface area contributed by atoms with Crippen LogP contribution in [0.3, 0.4) is 0 Å². The van der Waals surface area contributed by atoms with Crippen molar-refractivity contribution in [3.8, 4) is 5.75 Å². The first-order valence-electron chi connectivity index (χ1n) is 5.76. The highest BCUT2D eigenvalue weighted by Gasteiger charge is 2.32. The van der Waals surface area contributed by atoms with E-state index in [9.17, 15) is 17.6 Å². The van der Waals surface area contributed by atoms with Crippen LogP contribution in [0.4, 0.5) is 10.1 Å². The Morgan fingerprint density at radius 1 is 1.47 bits per heavy atom. The Morgan fingerprint density at radius 2 is 2.21 bits per heavy atom. The fourth-order valence-electron chi connectivity index (χ4n) is 1.99. The number of carbonyl (C=O) groups excluding carboxylic acids is 1. The molecule has 1 atom stereocenters. The number of hydrogen-bond donors (Lipinski definition) is 1. The van der Waals surface area contributed by atoms with Crippen molar-refractivity contribution in [3.05, 3.63) is 24.0 Å². The van der Waals surface area contributed by atoms with Crippen LogP contribution in [0.2, 0.25) is 0 Å². The fraction of sp³-hybridized carbons (Fsp3) is 0.417. The number of anilines is 1. The molecule has 1 aromatic rings. The smallest absolute Gasteiger partial charge is 0.228 e. The Bertz CT molecular complexity index is 600. The van der Waals surface area contributed by atoms with Crippen molar-refractivity contribution < 1.29 is 22.3 Å². The highest BCUT2D eigenvalue weighted by molar-refractivity contribution is 7.91. The maximum Gasteiger partial charge on any atom is 0.228 e. The first kappa shape index (κ1) is 13.8. The van der Waals surface area contributed by atoms with Gasteiger partial charge >= 0.3 is 0 Å². The Kier molecular flexibility index (Phi) is 3.75. The number of carbonyl (C=O) groups is 1. The van der Waals surface area contributed by atoms with Crippen LogP contribution in [0.5, 0.6) is 5.75 Å². The van der Waals surface area contributed by atoms with Crippen molar-refractivity contribution in [2.75, 3.05) is 23.9 Å². The van der Waals surface area contributed by atoms with E-state index in [1.54, 1.807) is 0 Å². The molecule has 1 aromatic carbocycles. The summed E-state index contributed by atoms with van der Waals surface area (Å²) >= 11 is 0. The quantitative estimate of drug-likeness (QED) is 0.907. The van der Waals surface area contributed by atoms with Crippen LogP contribution in [0.1, 0.15) is 6.42 Å². The molecule has 0 bridgehead atoms. The molecular weight excluding hydrogens is 273 g/mol. The molecule has 19 heavy (non-hydrogen) atoms. The molecule has 2 rings (SSSR count). The second kappa shape index (κ2) is 5.16. The molecule has 1 saturated heterocycles. The summed E-state index contributed by atoms with van der Waals surface area (Å²) in [6.07, 6.45) is 0.312. The normalized spacial score (nSPS) is 21.1. The van der Waals surface area contributed by atoms with Gasteiger partial charge in [-0.3, -0.25) is 4.79 Å². The zero-order valence-corrected chi connectivity index (χ0v) is 11.2. The van der Waals surface area contributed by atoms with E-state index >= 15 is 0 Å². The fourth-order valence-corrected chi connectivity index (χ4v) is 3.73. The highest BCUT2D eigenvalue weighted by atomic mass is 32.2. The summed E-state index contributed by atoms with van der Waals surface area (Å²) in [7, 11) is -1.76. The van der Waals surface area contributed by atoms with Crippen LogP contribution in [0.25, 0.3) is 0 Å². The SMILES string of the molecule is COc1ccc(NC(=O)[C@H]2CCS(=O)(=O)C2)cc1F. The van der Waals surface area contributed by atoms with Crippen LogP contribution in [-0.2, 0) is 14.6 Å². The molecule has 1 aliphatic heterocycles. The van der Waals surface area contributed by atoms with Gasteiger partial charge in [0.2, 0.25) is 5.91 Å². The van der Waals surface area contributed by atoms with Gasteiger partial charge in [-0.1, -0.05) is 0 Å². The molecule has 1 heterocycles. The van der Waals surface area contributed by atoms with Crippen LogP contribution in [-0.4, -0.2) is 32.9 Å². The maximum atomic E-state index is 13.4. The van der Waals surface area contributed by atoms with Gasteiger partial charge in [-0.2, -0.15) is 0 Å². The molecule has 1 N–H and O–H groups in total. The van der Waals surface area contributed by atoms with Gasteiger partial charge < -0.3 is 10.1 Å². The minimum Gasteiger partial charge on any atom is -0.494 e. The van der Waals surface area contributed by atoms with E-state index in [4.69, 9.17) is 4.74 Å². The van der Waals surface area contributed by atoms with Crippen molar-refractivity contribution in [1.29, 1.82) is 0 Å². The molecule has 104 valence electrons. The lowest BCUT2D eigenvalue weighted by Gasteiger charge is -2.10. The number of nitrogens with one attached hydrogen (secondary N) is 1. The van der Waals surface area contributed by atoms with E-state index in [0.717, 1.165) is 6.07 Å². The number of methoxy groups -OCH3 is 1. The van der Waals surface area contributed by atoms with Gasteiger partial charge in [0.05, 0.1) is 24.5 Å². The van der Waals surface area contributed by atoms with Gasteiger partial charge in [-0.05, 0) is 18.6 Å². The van der Waals surface area contributed by atoms with Gasteiger partial charge in [-0.25, -0.2) is 12.8 Å². The van der Waals surface area contributed by atoms with E-state index in [1.165, 1.54) is 19.2 Å². The van der Waals surface area contributed by atoms with Gasteiger partial charge in [0.25, 0.3) is 0 Å². The highest BCUT2D eigenvalue weighted by Crippen LogP contribution is 2.23. The summed E-state index contributed by atoms with van der Waals surface area (Å²) in [5.74, 6) is -1.57. The average Bonchev–Trinajstić information content (AvgIpc) is 2.70. The topological polar surface area (TPSA) is 72.5 Å². The molecular formula is C12H14FNO4S. The molecule has 0 spiro atoms. The molecule has 7 heteroatoms. The molecule has 0 unspecified atom stereocenters. The van der Waals surface area contributed by atoms with Gasteiger partial charge in [-0.15, -0.1) is 0 Å². The van der Waals surface area contributed by atoms with Crippen LogP contribution < -0.4 is 10.1 Å². The Hall–Kier alpha value is -1.63. The van der Waals surface area contributed by atoms with Crippen molar-refractivity contribution >= 4 is 21.4 Å². The maximum absolute atomic E-state index is 13.4. The number of halogens is 1. The second-order valence-corrected chi connectivity index (χ2v) is 6.67. The number of rotatable bonds is 3. The number of ether oxygens (including phenoxy) is 1. The third-order valence-corrected chi connectivity index (χ3v) is 4.79. The van der Waals surface area contributed by atoms with Crippen LogP contribution in [0, 0.1) is 11.7 Å². The van der Waals surface area contributed by atoms with Crippen molar-refractivity contribution in [2.24, 2.45) is 5.92 Å². The van der Waals surface area contributed by atoms with Crippen molar-refractivity contribution in [2.45, 2.75) is 6.42 Å². The minimum atomic E-state index is -3.11. The monoisotopic (exact) mass is 287 g/mol. The molecule has 0 aliphatic carbocycles. The van der Waals surface area contributed by atoms with Gasteiger partial charge in [0, 0.05) is 11.8 Å². The van der Waals surface area contributed by atoms with Crippen molar-refractivity contribution in [1.82, 2.24) is 0 Å². The largest absolute Gasteiger partial charge is 0.494 e. The van der Waals surface area contributed by atoms with E-state index in [0.29, 0.717) is 6.42 Å². The van der Waals surface area contributed by atoms with Gasteiger partial charge in [0.15, 0.2) is 21.4 Å². The molecule has 1 aliphatic rings. The second-order valence-electron chi connectivity index (χ2n) is 4.44. The molecule has 1 amide bonds. The lowest BCUT2D eigenvalue weighted by molar-refractivity contribution is -0.119. The lowest BCUT2D eigenvalue weighted by Crippen LogP contribution is -2.23. The first-order chi connectivity index (χ1) is 8.91. The third-order valence-electron chi connectivity index (χ3n) is 3.02. The number of benzene rings is 1. The summed E-state index contributed by atoms with van der Waals surface area (Å²) in [4.78, 5) is 11.8. The average molecular weight is 287 g/mol. The standard InChI is InChI=1S/C12H14FNO4S/c1-18-11-3-2-9(6-10(11)13)14-12(15)8-4-5-19(16,17)7-8/h2-3,6,8H,4-5,7H2,1H3,(H,14,15)/t8-/m0/s1. The van der Waals surface area contributed by atoms with Crippen LogP contribution in [0.15, 0.2) is 18.2 Å². The van der Waals surface area contributed by atoms with E-state index < -0.39 is 27.5 Å². The minimum absolute atomic E-state index is 0.0298. The summed E-state index contributed by atoms with van der Waals surface area (Å²) in [6.45, 7) is 0. The van der Waals surface area contributed by atoms with Crippen LogP contribution >= 0.6 is 0 Å². The molecule has 1 fully saturated rings. The number of sulfone groups is 1. The van der Waals surface area contributed by atoms with E-state index in [1.807, 2.05) is 0 Å². The summed E-state index contributed by atoms with van der Waals surface area (Å²) in [5, 5.41) is 2.51. The third kappa shape index (κ3) is 3.23. The molecule has 0 aromatic heterocycles. The molecule has 0 saturated carbocycles. The van der Waals surface area contributed by atoms with Gasteiger partial charge in [0.1, 0.15) is 0 Å². The van der Waals surface area contributed by atoms with E-state index in [2.05, 4.69) is 5.32 Å². The Labute approximate surface area is 110 Å². The predicted octanol–water partition coefficient (Wildman–Crippen LogP) is 1.21. The Balaban J connectivity index is 2.05. The first-order valence-corrected chi connectivity index (χ1v) is 7.58. The number of amides is 1. The molecule has 5 nitrogen and oxygen atoms in total. The summed E-state index contributed by atoms with van der Waals surface area (Å²) < 4.78 is 40.8. The van der Waals surface area contributed by atoms with E-state index in [-0.39, 0.29) is 22.9 Å². The summed E-state index contributed by atoms with van der Waals surface area (Å²) in [5.41, 5.74) is 0.285. The molecule has 0 radical (unpaired) electrons. The zero-order valence-electron chi connectivity index (χ0n) is 10.3. The van der Waals surface area contributed by atoms with Crippen molar-refractivity contribution in [3.63, 3.8) is 0 Å². The Morgan fingerprint density at radius 3 is 2.74 bits per heavy atom. The summed E-state index contributed by atoms with van der Waals surface area (Å²) in [6, 6.07) is 4.04. The number of hydrogen-bond acceptors (Lipinski definition) is 4. The lowest BCUT2D eigenvalue weighted by atomic mass is 10.1. The predicted molar refractivity (Wildman–Crippen MR) is 68.3 cm³/mol.